The van der Waals surface area contributed by atoms with Gasteiger partial charge < -0.3 is 14.8 Å². The lowest BCUT2D eigenvalue weighted by molar-refractivity contribution is 0.372. The number of fused-ring (bicyclic) bond motifs is 3. The average Bonchev–Trinajstić information content (AvgIpc) is 3.04. The van der Waals surface area contributed by atoms with Crippen molar-refractivity contribution in [3.63, 3.8) is 0 Å². The van der Waals surface area contributed by atoms with Gasteiger partial charge >= 0.3 is 7.60 Å². The molecule has 0 unspecified atom stereocenters. The number of hydrogen-bond donors (Lipinski definition) is 3. The highest BCUT2D eigenvalue weighted by molar-refractivity contribution is 7.50. The lowest BCUT2D eigenvalue weighted by atomic mass is 10.1. The Hall–Kier alpha value is -2.82. The molecule has 2 aromatic heterocycles. The zero-order valence-corrected chi connectivity index (χ0v) is 15.4. The van der Waals surface area contributed by atoms with Gasteiger partial charge in [-0.25, -0.2) is 4.98 Å². The molecule has 0 amide bonds. The lowest BCUT2D eigenvalue weighted by Crippen LogP contribution is -2.09. The van der Waals surface area contributed by atoms with Gasteiger partial charge in [-0.1, -0.05) is 18.2 Å². The summed E-state index contributed by atoms with van der Waals surface area (Å²) in [6.45, 7) is 0. The van der Waals surface area contributed by atoms with E-state index in [-0.39, 0.29) is 11.7 Å². The summed E-state index contributed by atoms with van der Waals surface area (Å²) < 4.78 is 12.1. The molecule has 0 aliphatic rings. The van der Waals surface area contributed by atoms with Crippen LogP contribution in [0.1, 0.15) is 11.1 Å². The van der Waals surface area contributed by atoms with Gasteiger partial charge in [-0.05, 0) is 29.8 Å². The maximum absolute atomic E-state index is 11.8. The first-order valence-electron chi connectivity index (χ1n) is 7.84. The summed E-state index contributed by atoms with van der Waals surface area (Å²) in [5.41, 5.74) is 2.12. The molecule has 0 spiro atoms. The third-order valence-electron chi connectivity index (χ3n) is 4.06. The number of pyridine rings is 1. The van der Waals surface area contributed by atoms with Gasteiger partial charge in [-0.3, -0.25) is 9.36 Å². The lowest BCUT2D eigenvalue weighted by Gasteiger charge is -2.05. The second-order valence-corrected chi connectivity index (χ2v) is 8.72. The number of thiazole rings is 1. The van der Waals surface area contributed by atoms with Crippen LogP contribution in [0.15, 0.2) is 47.3 Å². The molecule has 4 rings (SSSR count). The van der Waals surface area contributed by atoms with Crippen molar-refractivity contribution in [3.8, 4) is 16.6 Å². The highest BCUT2D eigenvalue weighted by Gasteiger charge is 2.16. The number of nitriles is 1. The van der Waals surface area contributed by atoms with Crippen molar-refractivity contribution in [1.29, 1.82) is 5.26 Å². The molecule has 0 saturated heterocycles. The summed E-state index contributed by atoms with van der Waals surface area (Å²) in [6, 6.07) is 14.0. The van der Waals surface area contributed by atoms with E-state index in [1.807, 2.05) is 18.2 Å². The molecular weight excluding hydrogens is 385 g/mol. The molecule has 0 bridgehead atoms. The summed E-state index contributed by atoms with van der Waals surface area (Å²) in [4.78, 5) is 37.5. The Morgan fingerprint density at radius 2 is 2.04 bits per heavy atom. The average molecular weight is 397 g/mol. The summed E-state index contributed by atoms with van der Waals surface area (Å²) in [5, 5.41) is 10.5. The second kappa shape index (κ2) is 6.41. The van der Waals surface area contributed by atoms with Crippen LogP contribution in [-0.4, -0.2) is 19.8 Å². The molecular formula is C18H12N3O4PS. The number of aromatic amines is 1. The molecule has 3 N–H and O–H groups in total. The van der Waals surface area contributed by atoms with E-state index in [1.54, 1.807) is 24.3 Å². The normalized spacial score (nSPS) is 11.7. The fraction of sp³-hybridized carbons (Fsp3) is 0.0556. The zero-order valence-electron chi connectivity index (χ0n) is 13.7. The minimum atomic E-state index is -4.15. The maximum atomic E-state index is 11.8. The molecule has 134 valence electrons. The number of nitrogens with one attached hydrogen (secondary N) is 1. The smallest absolute Gasteiger partial charge is 0.324 e. The predicted octanol–water partition coefficient (Wildman–Crippen LogP) is 3.35. The van der Waals surface area contributed by atoms with Gasteiger partial charge in [0.05, 0.1) is 21.9 Å². The number of hydrogen-bond acceptors (Lipinski definition) is 5. The third kappa shape index (κ3) is 3.42. The number of benzene rings is 2. The Morgan fingerprint density at radius 1 is 1.22 bits per heavy atom. The topological polar surface area (TPSA) is 127 Å². The molecule has 27 heavy (non-hydrogen) atoms. The Morgan fingerprint density at radius 3 is 2.78 bits per heavy atom. The molecule has 0 radical (unpaired) electrons. The SMILES string of the molecule is N#Cc1cc2c(ccc3sc(-c4cccc(CP(=O)(O)O)c4)nc32)[nH]c1=O. The van der Waals surface area contributed by atoms with Crippen molar-refractivity contribution < 1.29 is 14.4 Å². The van der Waals surface area contributed by atoms with Crippen LogP contribution < -0.4 is 5.56 Å². The molecule has 0 aliphatic heterocycles. The number of nitrogens with zero attached hydrogens (tertiary/aromatic N) is 2. The van der Waals surface area contributed by atoms with Gasteiger partial charge in [0.25, 0.3) is 5.56 Å². The molecule has 7 nitrogen and oxygen atoms in total. The molecule has 9 heteroatoms. The van der Waals surface area contributed by atoms with Crippen LogP contribution in [0.25, 0.3) is 31.7 Å². The van der Waals surface area contributed by atoms with E-state index < -0.39 is 13.2 Å². The molecule has 0 aliphatic carbocycles. The first-order valence-corrected chi connectivity index (χ1v) is 10.5. The monoisotopic (exact) mass is 397 g/mol. The van der Waals surface area contributed by atoms with Crippen LogP contribution in [-0.2, 0) is 10.7 Å². The minimum absolute atomic E-state index is 0.0215. The molecule has 2 aromatic carbocycles. The van der Waals surface area contributed by atoms with Gasteiger partial charge in [0.15, 0.2) is 0 Å². The van der Waals surface area contributed by atoms with Gasteiger partial charge in [0.2, 0.25) is 0 Å². The Kier molecular flexibility index (Phi) is 4.17. The molecule has 0 fully saturated rings. The van der Waals surface area contributed by atoms with Crippen LogP contribution in [0.3, 0.4) is 0 Å². The van der Waals surface area contributed by atoms with Crippen molar-refractivity contribution in [2.24, 2.45) is 0 Å². The van der Waals surface area contributed by atoms with Gasteiger partial charge in [-0.15, -0.1) is 11.3 Å². The van der Waals surface area contributed by atoms with Crippen molar-refractivity contribution in [1.82, 2.24) is 9.97 Å². The third-order valence-corrected chi connectivity index (χ3v) is 5.91. The highest BCUT2D eigenvalue weighted by atomic mass is 32.1. The van der Waals surface area contributed by atoms with Crippen molar-refractivity contribution in [3.05, 3.63) is 63.9 Å². The standard InChI is InChI=1S/C18H12N3O4PS/c19-8-12-7-13-14(20-17(12)22)4-5-15-16(13)21-18(27-15)11-3-1-2-10(6-11)9-26(23,24)25/h1-7H,9H2,(H,20,22)(H2,23,24,25). The fourth-order valence-corrected chi connectivity index (χ4v) is 4.57. The van der Waals surface area contributed by atoms with Crippen LogP contribution >= 0.6 is 18.9 Å². The summed E-state index contributed by atoms with van der Waals surface area (Å²) in [5.74, 6) is 0. The summed E-state index contributed by atoms with van der Waals surface area (Å²) in [7, 11) is -4.15. The van der Waals surface area contributed by atoms with Crippen LogP contribution in [0, 0.1) is 11.3 Å². The minimum Gasteiger partial charge on any atom is -0.324 e. The second-order valence-electron chi connectivity index (χ2n) is 6.04. The number of rotatable bonds is 3. The number of H-pyrrole nitrogens is 1. The Labute approximate surface area is 156 Å². The summed E-state index contributed by atoms with van der Waals surface area (Å²) >= 11 is 1.43. The zero-order chi connectivity index (χ0) is 19.2. The van der Waals surface area contributed by atoms with Crippen molar-refractivity contribution in [2.75, 3.05) is 0 Å². The quantitative estimate of drug-likeness (QED) is 0.455. The van der Waals surface area contributed by atoms with Crippen LogP contribution in [0.5, 0.6) is 0 Å². The largest absolute Gasteiger partial charge is 0.329 e. The van der Waals surface area contributed by atoms with Gasteiger partial charge in [-0.2, -0.15) is 5.26 Å². The Balaban J connectivity index is 1.88. The summed E-state index contributed by atoms with van der Waals surface area (Å²) in [6.07, 6.45) is -0.332. The van der Waals surface area contributed by atoms with E-state index in [0.717, 1.165) is 10.3 Å². The maximum Gasteiger partial charge on any atom is 0.329 e. The first kappa shape index (κ1) is 17.6. The van der Waals surface area contributed by atoms with Crippen molar-refractivity contribution in [2.45, 2.75) is 6.16 Å². The van der Waals surface area contributed by atoms with Gasteiger partial charge in [0.1, 0.15) is 16.6 Å². The highest BCUT2D eigenvalue weighted by Crippen LogP contribution is 2.40. The van der Waals surface area contributed by atoms with Crippen molar-refractivity contribution >= 4 is 40.1 Å². The van der Waals surface area contributed by atoms with E-state index in [0.29, 0.717) is 27.0 Å². The molecule has 0 atom stereocenters. The van der Waals surface area contributed by atoms with E-state index >= 15 is 0 Å². The van der Waals surface area contributed by atoms with Gasteiger partial charge in [0, 0.05) is 10.9 Å². The van der Waals surface area contributed by atoms with Crippen LogP contribution in [0.2, 0.25) is 0 Å². The van der Waals surface area contributed by atoms with E-state index in [4.69, 9.17) is 5.26 Å². The molecule has 2 heterocycles. The molecule has 4 aromatic rings. The molecule has 0 saturated carbocycles. The van der Waals surface area contributed by atoms with E-state index in [2.05, 4.69) is 9.97 Å². The van der Waals surface area contributed by atoms with E-state index in [9.17, 15) is 19.1 Å². The Bertz CT molecular complexity index is 1350. The first-order chi connectivity index (χ1) is 12.8. The van der Waals surface area contributed by atoms with Crippen LogP contribution in [0.4, 0.5) is 0 Å². The number of aromatic nitrogens is 2. The predicted molar refractivity (Wildman–Crippen MR) is 104 cm³/mol. The van der Waals surface area contributed by atoms with E-state index in [1.165, 1.54) is 17.4 Å². The fourth-order valence-electron chi connectivity index (χ4n) is 2.92.